The Kier molecular flexibility index (Phi) is 8.05. The molecule has 6 nitrogen and oxygen atoms in total. The third kappa shape index (κ3) is 5.67. The number of nitrogens with zero attached hydrogens (tertiary/aromatic N) is 3. The predicted molar refractivity (Wildman–Crippen MR) is 154 cm³/mol. The Morgan fingerprint density at radius 3 is 2.36 bits per heavy atom. The molecular weight excluding hydrogens is 486 g/mol. The Morgan fingerprint density at radius 1 is 0.944 bits per heavy atom. The van der Waals surface area contributed by atoms with Crippen LogP contribution in [-0.4, -0.2) is 60.3 Å². The van der Waals surface area contributed by atoms with Crippen molar-refractivity contribution >= 4 is 44.7 Å². The molecule has 8 heteroatoms. The molecule has 3 heterocycles. The van der Waals surface area contributed by atoms with E-state index in [2.05, 4.69) is 91.5 Å². The van der Waals surface area contributed by atoms with Crippen molar-refractivity contribution in [2.24, 2.45) is 0 Å². The molecule has 2 aromatic carbocycles. The summed E-state index contributed by atoms with van der Waals surface area (Å²) in [7, 11) is -0.125. The molecule has 0 aliphatic carbocycles. The second-order valence-electron chi connectivity index (χ2n) is 8.95. The van der Waals surface area contributed by atoms with E-state index in [0.717, 1.165) is 45.6 Å². The number of piperazine rings is 1. The van der Waals surface area contributed by atoms with Crippen LogP contribution >= 0.6 is 22.0 Å². The first kappa shape index (κ1) is 24.6. The van der Waals surface area contributed by atoms with Gasteiger partial charge in [-0.1, -0.05) is 47.1 Å². The standard InChI is InChI=1S/C28H33N5OS2/c29-26-22-35-21-25(26)28(34)30-14-7-8-15-31-16-18-32(19-17-31)27-13-20-36(24-11-5-2-6-12-24)33(27)23-9-3-1-4-10-23/h1-6,9-13,20-22H,7-8,14-19,29H2,(H,30,34). The van der Waals surface area contributed by atoms with Crippen LogP contribution < -0.4 is 15.4 Å². The number of rotatable bonds is 9. The summed E-state index contributed by atoms with van der Waals surface area (Å²) < 4.78 is 2.49. The van der Waals surface area contributed by atoms with Gasteiger partial charge in [-0.2, -0.15) is 0 Å². The molecule has 1 atom stereocenters. The Hall–Kier alpha value is -3.07. The Bertz CT molecular complexity index is 1220. The first-order chi connectivity index (χ1) is 17.7. The average Bonchev–Trinajstić information content (AvgIpc) is 3.56. The monoisotopic (exact) mass is 519 g/mol. The van der Waals surface area contributed by atoms with Crippen molar-refractivity contribution in [3.63, 3.8) is 0 Å². The van der Waals surface area contributed by atoms with Crippen LogP contribution in [0.5, 0.6) is 0 Å². The van der Waals surface area contributed by atoms with Gasteiger partial charge < -0.3 is 16.0 Å². The zero-order chi connectivity index (χ0) is 24.7. The Balaban J connectivity index is 1.11. The maximum absolute atomic E-state index is 12.2. The van der Waals surface area contributed by atoms with Gasteiger partial charge >= 0.3 is 0 Å². The minimum Gasteiger partial charge on any atom is -0.397 e. The number of thiophene rings is 1. The smallest absolute Gasteiger partial charge is 0.254 e. The summed E-state index contributed by atoms with van der Waals surface area (Å²) in [4.78, 5) is 18.6. The van der Waals surface area contributed by atoms with E-state index in [1.54, 1.807) is 5.38 Å². The molecule has 1 unspecified atom stereocenters. The molecule has 1 aromatic heterocycles. The summed E-state index contributed by atoms with van der Waals surface area (Å²) in [5.74, 6) is 1.23. The number of carbonyl (C=O) groups is 1. The number of carbonyl (C=O) groups excluding carboxylic acids is 1. The molecule has 1 fully saturated rings. The van der Waals surface area contributed by atoms with Crippen LogP contribution in [0.3, 0.4) is 0 Å². The molecule has 2 aliphatic heterocycles. The lowest BCUT2D eigenvalue weighted by Gasteiger charge is -2.40. The highest BCUT2D eigenvalue weighted by atomic mass is 32.2. The lowest BCUT2D eigenvalue weighted by molar-refractivity contribution is 0.0953. The highest BCUT2D eigenvalue weighted by molar-refractivity contribution is 8.16. The number of nitrogens with one attached hydrogen (secondary N) is 1. The summed E-state index contributed by atoms with van der Waals surface area (Å²) in [5, 5.41) is 8.95. The topological polar surface area (TPSA) is 64.8 Å². The second-order valence-corrected chi connectivity index (χ2v) is 11.4. The van der Waals surface area contributed by atoms with E-state index in [1.165, 1.54) is 27.7 Å². The number of nitrogens with two attached hydrogens (primary N) is 1. The van der Waals surface area contributed by atoms with Crippen molar-refractivity contribution in [2.75, 3.05) is 49.3 Å². The van der Waals surface area contributed by atoms with Gasteiger partial charge in [0.15, 0.2) is 0 Å². The van der Waals surface area contributed by atoms with E-state index in [-0.39, 0.29) is 16.6 Å². The number of hydrogen-bond donors (Lipinski definition) is 2. The third-order valence-electron chi connectivity index (χ3n) is 6.55. The van der Waals surface area contributed by atoms with Gasteiger partial charge in [0.1, 0.15) is 5.82 Å². The highest BCUT2D eigenvalue weighted by Crippen LogP contribution is 2.42. The van der Waals surface area contributed by atoms with Crippen molar-refractivity contribution in [1.29, 1.82) is 0 Å². The van der Waals surface area contributed by atoms with E-state index in [1.807, 2.05) is 5.38 Å². The number of para-hydroxylation sites is 1. The number of benzene rings is 2. The fourth-order valence-electron chi connectivity index (χ4n) is 4.59. The van der Waals surface area contributed by atoms with E-state index in [4.69, 9.17) is 5.73 Å². The number of hydrogen-bond acceptors (Lipinski definition) is 6. The molecule has 2 aliphatic rings. The molecule has 0 radical (unpaired) electrons. The fourth-order valence-corrected chi connectivity index (χ4v) is 7.22. The maximum atomic E-state index is 12.2. The van der Waals surface area contributed by atoms with Gasteiger partial charge in [-0.3, -0.25) is 14.0 Å². The Labute approximate surface area is 220 Å². The van der Waals surface area contributed by atoms with Crippen LogP contribution in [-0.2, 0) is 0 Å². The normalized spacial score (nSPS) is 18.1. The number of unbranched alkanes of at least 4 members (excludes halogenated alkanes) is 1. The van der Waals surface area contributed by atoms with E-state index < -0.39 is 0 Å². The molecule has 188 valence electrons. The van der Waals surface area contributed by atoms with Crippen LogP contribution in [0.1, 0.15) is 23.2 Å². The van der Waals surface area contributed by atoms with Crippen molar-refractivity contribution in [3.05, 3.63) is 88.9 Å². The summed E-state index contributed by atoms with van der Waals surface area (Å²) in [6.07, 6.45) is 4.35. The quantitative estimate of drug-likeness (QED) is 0.312. The summed E-state index contributed by atoms with van der Waals surface area (Å²) in [6.45, 7) is 5.89. The molecule has 0 saturated carbocycles. The van der Waals surface area contributed by atoms with E-state index >= 15 is 0 Å². The van der Waals surface area contributed by atoms with Gasteiger partial charge in [-0.25, -0.2) is 0 Å². The maximum Gasteiger partial charge on any atom is 0.254 e. The van der Waals surface area contributed by atoms with Gasteiger partial charge in [0.2, 0.25) is 0 Å². The zero-order valence-electron chi connectivity index (χ0n) is 20.4. The first-order valence-corrected chi connectivity index (χ1v) is 14.7. The largest absolute Gasteiger partial charge is 0.397 e. The minimum atomic E-state index is -0.125. The number of nitrogen functional groups attached to an aromatic ring is 1. The molecule has 36 heavy (non-hydrogen) atoms. The van der Waals surface area contributed by atoms with Crippen molar-refractivity contribution < 1.29 is 4.79 Å². The number of anilines is 2. The SMILES string of the molecule is Nc1cscc1C(=O)NCCCCN1CCN(C2=CC=S(c3ccccc3)N2c2ccccc2)CC1. The van der Waals surface area contributed by atoms with Crippen LogP contribution in [0, 0.1) is 0 Å². The number of allylic oxidation sites excluding steroid dienone is 1. The van der Waals surface area contributed by atoms with Crippen molar-refractivity contribution in [2.45, 2.75) is 17.7 Å². The summed E-state index contributed by atoms with van der Waals surface area (Å²) in [5.41, 5.74) is 8.22. The summed E-state index contributed by atoms with van der Waals surface area (Å²) >= 11 is 1.46. The molecule has 0 spiro atoms. The average molecular weight is 520 g/mol. The van der Waals surface area contributed by atoms with Crippen molar-refractivity contribution in [1.82, 2.24) is 15.1 Å². The predicted octanol–water partition coefficient (Wildman–Crippen LogP) is 4.86. The number of amides is 1. The van der Waals surface area contributed by atoms with Gasteiger partial charge in [0, 0.05) is 48.4 Å². The van der Waals surface area contributed by atoms with Gasteiger partial charge in [0.25, 0.3) is 5.91 Å². The molecule has 1 saturated heterocycles. The highest BCUT2D eigenvalue weighted by Gasteiger charge is 2.28. The third-order valence-corrected chi connectivity index (χ3v) is 9.25. The molecule has 3 aromatic rings. The lowest BCUT2D eigenvalue weighted by Crippen LogP contribution is -2.48. The fraction of sp³-hybridized carbons (Fsp3) is 0.286. The Morgan fingerprint density at radius 2 is 1.67 bits per heavy atom. The molecule has 3 N–H and O–H groups in total. The van der Waals surface area contributed by atoms with Gasteiger partial charge in [-0.15, -0.1) is 11.3 Å². The van der Waals surface area contributed by atoms with Crippen LogP contribution in [0.4, 0.5) is 11.4 Å². The van der Waals surface area contributed by atoms with Gasteiger partial charge in [0.05, 0.1) is 16.9 Å². The minimum absolute atomic E-state index is 0.0681. The van der Waals surface area contributed by atoms with Crippen LogP contribution in [0.2, 0.25) is 0 Å². The molecule has 5 rings (SSSR count). The van der Waals surface area contributed by atoms with E-state index in [9.17, 15) is 4.79 Å². The van der Waals surface area contributed by atoms with Gasteiger partial charge in [-0.05, 0) is 55.1 Å². The lowest BCUT2D eigenvalue weighted by atomic mass is 10.2. The second kappa shape index (κ2) is 11.8. The summed E-state index contributed by atoms with van der Waals surface area (Å²) in [6, 6.07) is 21.5. The zero-order valence-corrected chi connectivity index (χ0v) is 22.0. The van der Waals surface area contributed by atoms with E-state index in [0.29, 0.717) is 17.8 Å². The van der Waals surface area contributed by atoms with Crippen molar-refractivity contribution in [3.8, 4) is 0 Å². The van der Waals surface area contributed by atoms with Crippen LogP contribution in [0.25, 0.3) is 0 Å². The molecule has 0 bridgehead atoms. The van der Waals surface area contributed by atoms with Crippen LogP contribution in [0.15, 0.2) is 88.2 Å². The molecular formula is C28H33N5OS2. The molecule has 1 amide bonds. The first-order valence-electron chi connectivity index (χ1n) is 12.5.